The third kappa shape index (κ3) is 4.43. The molecule has 21 heavy (non-hydrogen) atoms. The van der Waals surface area contributed by atoms with E-state index in [4.69, 9.17) is 0 Å². The summed E-state index contributed by atoms with van der Waals surface area (Å²) in [4.78, 5) is 17.3. The van der Waals surface area contributed by atoms with Crippen molar-refractivity contribution in [2.75, 3.05) is 26.2 Å². The number of rotatable bonds is 7. The number of amides is 1. The number of nitrogens with zero attached hydrogens (tertiary/aromatic N) is 2. The van der Waals surface area contributed by atoms with Crippen LogP contribution in [0.25, 0.3) is 0 Å². The van der Waals surface area contributed by atoms with Crippen LogP contribution in [0.15, 0.2) is 0 Å². The van der Waals surface area contributed by atoms with Gasteiger partial charge in [-0.3, -0.25) is 10.1 Å². The van der Waals surface area contributed by atoms with Crippen LogP contribution in [-0.4, -0.2) is 54.1 Å². The molecular weight excluding hydrogens is 262 g/mol. The van der Waals surface area contributed by atoms with Gasteiger partial charge < -0.3 is 9.80 Å². The zero-order valence-corrected chi connectivity index (χ0v) is 14.1. The van der Waals surface area contributed by atoms with Crippen molar-refractivity contribution in [3.63, 3.8) is 0 Å². The van der Waals surface area contributed by atoms with Crippen molar-refractivity contribution in [2.24, 2.45) is 5.92 Å². The molecule has 0 aromatic heterocycles. The van der Waals surface area contributed by atoms with Crippen LogP contribution in [0.1, 0.15) is 59.3 Å². The highest BCUT2D eigenvalue weighted by atomic mass is 16.2. The first-order valence-electron chi connectivity index (χ1n) is 8.92. The van der Waals surface area contributed by atoms with E-state index < -0.39 is 0 Å². The van der Waals surface area contributed by atoms with Gasteiger partial charge >= 0.3 is 0 Å². The summed E-state index contributed by atoms with van der Waals surface area (Å²) in [5.74, 6) is 0.807. The van der Waals surface area contributed by atoms with Gasteiger partial charge in [0.05, 0.1) is 12.2 Å². The summed E-state index contributed by atoms with van der Waals surface area (Å²) in [6, 6.07) is 0.0544. The Bertz CT molecular complexity index is 326. The standard InChI is InChI=1S/C17H33N3O/c1-4-5-9-15-17(21)20(16(18-15)14(2)3)13-12-19-10-7-6-8-11-19/h14-16,18H,4-13H2,1-3H3. The molecule has 0 saturated carbocycles. The molecule has 0 aliphatic carbocycles. The largest absolute Gasteiger partial charge is 0.324 e. The second-order valence-electron chi connectivity index (χ2n) is 6.98. The monoisotopic (exact) mass is 295 g/mol. The highest BCUT2D eigenvalue weighted by Crippen LogP contribution is 2.21. The molecule has 4 nitrogen and oxygen atoms in total. The number of carbonyl (C=O) groups excluding carboxylic acids is 1. The van der Waals surface area contributed by atoms with E-state index in [1.165, 1.54) is 32.4 Å². The lowest BCUT2D eigenvalue weighted by molar-refractivity contribution is -0.130. The maximum absolute atomic E-state index is 12.6. The van der Waals surface area contributed by atoms with Crippen LogP contribution in [-0.2, 0) is 4.79 Å². The quantitative estimate of drug-likeness (QED) is 0.783. The Balaban J connectivity index is 1.89. The Morgan fingerprint density at radius 2 is 1.90 bits per heavy atom. The van der Waals surface area contributed by atoms with Gasteiger partial charge in [-0.15, -0.1) is 0 Å². The van der Waals surface area contributed by atoms with Gasteiger partial charge in [0.25, 0.3) is 0 Å². The maximum Gasteiger partial charge on any atom is 0.241 e. The lowest BCUT2D eigenvalue weighted by Crippen LogP contribution is -2.45. The fourth-order valence-electron chi connectivity index (χ4n) is 3.55. The first kappa shape index (κ1) is 16.8. The molecule has 2 rings (SSSR count). The predicted octanol–water partition coefficient (Wildman–Crippen LogP) is 2.45. The average Bonchev–Trinajstić information content (AvgIpc) is 2.81. The molecule has 0 bridgehead atoms. The number of likely N-dealkylation sites (tertiary alicyclic amines) is 1. The molecule has 2 aliphatic heterocycles. The van der Waals surface area contributed by atoms with Crippen molar-refractivity contribution in [1.82, 2.24) is 15.1 Å². The zero-order valence-electron chi connectivity index (χ0n) is 14.1. The molecule has 122 valence electrons. The Labute approximate surface area is 130 Å². The van der Waals surface area contributed by atoms with E-state index in [9.17, 15) is 4.79 Å². The Morgan fingerprint density at radius 3 is 2.52 bits per heavy atom. The van der Waals surface area contributed by atoms with Crippen LogP contribution in [0, 0.1) is 5.92 Å². The molecule has 0 radical (unpaired) electrons. The number of nitrogens with one attached hydrogen (secondary N) is 1. The highest BCUT2D eigenvalue weighted by molar-refractivity contribution is 5.84. The van der Waals surface area contributed by atoms with Crippen LogP contribution >= 0.6 is 0 Å². The van der Waals surface area contributed by atoms with Crippen LogP contribution in [0.2, 0.25) is 0 Å². The second-order valence-corrected chi connectivity index (χ2v) is 6.98. The molecule has 0 spiro atoms. The van der Waals surface area contributed by atoms with E-state index in [1.54, 1.807) is 0 Å². The SMILES string of the molecule is CCCCC1NC(C(C)C)N(CCN2CCCCC2)C1=O. The molecule has 0 aromatic rings. The van der Waals surface area contributed by atoms with Crippen LogP contribution < -0.4 is 5.32 Å². The van der Waals surface area contributed by atoms with Gasteiger partial charge in [-0.25, -0.2) is 0 Å². The van der Waals surface area contributed by atoms with E-state index in [-0.39, 0.29) is 12.2 Å². The topological polar surface area (TPSA) is 35.6 Å². The number of carbonyl (C=O) groups is 1. The molecular formula is C17H33N3O. The smallest absolute Gasteiger partial charge is 0.241 e. The number of hydrogen-bond acceptors (Lipinski definition) is 3. The fraction of sp³-hybridized carbons (Fsp3) is 0.941. The average molecular weight is 295 g/mol. The van der Waals surface area contributed by atoms with E-state index in [1.807, 2.05) is 0 Å². The molecule has 4 heteroatoms. The van der Waals surface area contributed by atoms with Gasteiger partial charge in [0, 0.05) is 13.1 Å². The number of hydrogen-bond donors (Lipinski definition) is 1. The van der Waals surface area contributed by atoms with Gasteiger partial charge in [-0.05, 0) is 38.3 Å². The van der Waals surface area contributed by atoms with Crippen molar-refractivity contribution in [3.05, 3.63) is 0 Å². The highest BCUT2D eigenvalue weighted by Gasteiger charge is 2.39. The minimum absolute atomic E-state index is 0.0544. The Kier molecular flexibility index (Phi) is 6.49. The van der Waals surface area contributed by atoms with E-state index >= 15 is 0 Å². The Hall–Kier alpha value is -0.610. The first-order valence-corrected chi connectivity index (χ1v) is 8.92. The molecule has 2 aliphatic rings. The molecule has 2 saturated heterocycles. The summed E-state index contributed by atoms with van der Waals surface area (Å²) in [6.45, 7) is 11.0. The molecule has 1 N–H and O–H groups in total. The van der Waals surface area contributed by atoms with Gasteiger partial charge in [-0.1, -0.05) is 40.0 Å². The third-order valence-corrected chi connectivity index (χ3v) is 4.87. The van der Waals surface area contributed by atoms with E-state index in [2.05, 4.69) is 35.9 Å². The normalized spacial score (nSPS) is 27.8. The Morgan fingerprint density at radius 1 is 1.19 bits per heavy atom. The van der Waals surface area contributed by atoms with Crippen molar-refractivity contribution >= 4 is 5.91 Å². The molecule has 2 unspecified atom stereocenters. The van der Waals surface area contributed by atoms with Crippen LogP contribution in [0.4, 0.5) is 0 Å². The molecule has 0 aromatic carbocycles. The minimum Gasteiger partial charge on any atom is -0.324 e. The van der Waals surface area contributed by atoms with Crippen molar-refractivity contribution in [1.29, 1.82) is 0 Å². The van der Waals surface area contributed by atoms with Crippen LogP contribution in [0.5, 0.6) is 0 Å². The van der Waals surface area contributed by atoms with Gasteiger partial charge in [0.1, 0.15) is 0 Å². The summed E-state index contributed by atoms with van der Waals surface area (Å²) < 4.78 is 0. The summed E-state index contributed by atoms with van der Waals surface area (Å²) in [5, 5.41) is 3.57. The zero-order chi connectivity index (χ0) is 15.2. The third-order valence-electron chi connectivity index (χ3n) is 4.87. The molecule has 2 fully saturated rings. The molecule has 2 heterocycles. The summed E-state index contributed by atoms with van der Waals surface area (Å²) in [6.07, 6.45) is 7.51. The van der Waals surface area contributed by atoms with Gasteiger partial charge in [-0.2, -0.15) is 0 Å². The number of unbranched alkanes of at least 4 members (excludes halogenated alkanes) is 1. The van der Waals surface area contributed by atoms with E-state index in [0.717, 1.165) is 32.4 Å². The van der Waals surface area contributed by atoms with Crippen molar-refractivity contribution in [2.45, 2.75) is 71.5 Å². The van der Waals surface area contributed by atoms with Crippen molar-refractivity contribution in [3.8, 4) is 0 Å². The predicted molar refractivity (Wildman–Crippen MR) is 87.1 cm³/mol. The molecule has 2 atom stereocenters. The maximum atomic E-state index is 12.6. The lowest BCUT2D eigenvalue weighted by atomic mass is 10.1. The summed E-state index contributed by atoms with van der Waals surface area (Å²) >= 11 is 0. The number of piperidine rings is 1. The summed E-state index contributed by atoms with van der Waals surface area (Å²) in [5.41, 5.74) is 0. The second kappa shape index (κ2) is 8.14. The van der Waals surface area contributed by atoms with E-state index in [0.29, 0.717) is 11.8 Å². The van der Waals surface area contributed by atoms with Crippen molar-refractivity contribution < 1.29 is 4.79 Å². The summed E-state index contributed by atoms with van der Waals surface area (Å²) in [7, 11) is 0. The lowest BCUT2D eigenvalue weighted by Gasteiger charge is -2.32. The van der Waals surface area contributed by atoms with Gasteiger partial charge in [0.2, 0.25) is 5.91 Å². The van der Waals surface area contributed by atoms with Crippen LogP contribution in [0.3, 0.4) is 0 Å². The fourth-order valence-corrected chi connectivity index (χ4v) is 3.55. The molecule has 1 amide bonds. The minimum atomic E-state index is 0.0544. The first-order chi connectivity index (χ1) is 10.1. The van der Waals surface area contributed by atoms with Gasteiger partial charge in [0.15, 0.2) is 0 Å².